The molecule has 0 unspecified atom stereocenters. The molecule has 78 valence electrons. The molecule has 1 atom stereocenters. The topological polar surface area (TPSA) is 57.6 Å². The monoisotopic (exact) mass is 197 g/mol. The summed E-state index contributed by atoms with van der Waals surface area (Å²) in [6.45, 7) is 0.631. The number of nitrogens with zero attached hydrogens (tertiary/aromatic N) is 1. The van der Waals surface area contributed by atoms with Gasteiger partial charge in [-0.15, -0.1) is 0 Å². The highest BCUT2D eigenvalue weighted by Crippen LogP contribution is 2.31. The summed E-state index contributed by atoms with van der Waals surface area (Å²) in [7, 11) is 0. The Morgan fingerprint density at radius 3 is 2.36 bits per heavy atom. The molecule has 0 spiro atoms. The van der Waals surface area contributed by atoms with Crippen LogP contribution < -0.4 is 0 Å². The Balaban J connectivity index is 2.01. The van der Waals surface area contributed by atoms with E-state index in [0.29, 0.717) is 13.0 Å². The first-order valence-corrected chi connectivity index (χ1v) is 5.23. The van der Waals surface area contributed by atoms with Crippen molar-refractivity contribution in [3.63, 3.8) is 0 Å². The number of likely N-dealkylation sites (tertiary alicyclic amines) is 1. The second-order valence-electron chi connectivity index (χ2n) is 4.16. The molecule has 1 saturated heterocycles. The lowest BCUT2D eigenvalue weighted by Crippen LogP contribution is -2.45. The van der Waals surface area contributed by atoms with E-state index in [1.807, 2.05) is 0 Å². The van der Waals surface area contributed by atoms with Crippen LogP contribution in [0.2, 0.25) is 0 Å². The maximum atomic E-state index is 11.8. The zero-order chi connectivity index (χ0) is 10.1. The summed E-state index contributed by atoms with van der Waals surface area (Å²) in [6, 6.07) is -0.553. The van der Waals surface area contributed by atoms with Crippen LogP contribution in [0.1, 0.15) is 32.1 Å². The number of amides is 1. The van der Waals surface area contributed by atoms with E-state index in [-0.39, 0.29) is 11.8 Å². The average molecular weight is 197 g/mol. The summed E-state index contributed by atoms with van der Waals surface area (Å²) in [5, 5.41) is 8.91. The van der Waals surface area contributed by atoms with Crippen LogP contribution in [-0.2, 0) is 9.59 Å². The van der Waals surface area contributed by atoms with Crippen molar-refractivity contribution in [2.24, 2.45) is 5.92 Å². The number of carboxylic acids is 1. The molecule has 2 aliphatic rings. The minimum absolute atomic E-state index is 0.0705. The maximum absolute atomic E-state index is 11.8. The minimum atomic E-state index is -0.852. The van der Waals surface area contributed by atoms with Gasteiger partial charge >= 0.3 is 5.97 Å². The van der Waals surface area contributed by atoms with Crippen molar-refractivity contribution in [3.8, 4) is 0 Å². The zero-order valence-electron chi connectivity index (χ0n) is 8.11. The average Bonchev–Trinajstić information content (AvgIpc) is 2.47. The fourth-order valence-corrected chi connectivity index (χ4v) is 2.18. The molecule has 14 heavy (non-hydrogen) atoms. The van der Waals surface area contributed by atoms with Crippen molar-refractivity contribution in [2.75, 3.05) is 6.54 Å². The summed E-state index contributed by atoms with van der Waals surface area (Å²) in [5.74, 6) is -0.661. The van der Waals surface area contributed by atoms with E-state index in [1.54, 1.807) is 4.90 Å². The van der Waals surface area contributed by atoms with Gasteiger partial charge in [-0.2, -0.15) is 0 Å². The van der Waals surface area contributed by atoms with E-state index in [0.717, 1.165) is 25.7 Å². The van der Waals surface area contributed by atoms with Gasteiger partial charge in [-0.05, 0) is 25.7 Å². The second kappa shape index (κ2) is 3.59. The van der Waals surface area contributed by atoms with Crippen LogP contribution in [0.3, 0.4) is 0 Å². The van der Waals surface area contributed by atoms with Crippen LogP contribution in [0.4, 0.5) is 0 Å². The van der Waals surface area contributed by atoms with Crippen LogP contribution in [0.25, 0.3) is 0 Å². The van der Waals surface area contributed by atoms with E-state index < -0.39 is 12.0 Å². The molecule has 0 aromatic heterocycles. The van der Waals surface area contributed by atoms with E-state index in [9.17, 15) is 9.59 Å². The zero-order valence-corrected chi connectivity index (χ0v) is 8.11. The quantitative estimate of drug-likeness (QED) is 0.714. The molecular formula is C10H15NO3. The Morgan fingerprint density at radius 2 is 1.86 bits per heavy atom. The molecule has 1 saturated carbocycles. The van der Waals surface area contributed by atoms with Crippen molar-refractivity contribution in [3.05, 3.63) is 0 Å². The molecule has 1 amide bonds. The molecule has 2 rings (SSSR count). The molecular weight excluding hydrogens is 182 g/mol. The van der Waals surface area contributed by atoms with Crippen molar-refractivity contribution >= 4 is 11.9 Å². The van der Waals surface area contributed by atoms with Gasteiger partial charge in [0, 0.05) is 12.5 Å². The third kappa shape index (κ3) is 1.49. The fourth-order valence-electron chi connectivity index (χ4n) is 2.18. The normalized spacial score (nSPS) is 27.4. The Bertz CT molecular complexity index is 260. The predicted octanol–water partition coefficient (Wildman–Crippen LogP) is 0.862. The highest BCUT2D eigenvalue weighted by atomic mass is 16.4. The SMILES string of the molecule is O=C(O)[C@H]1CCCN1C(=O)C1CCC1. The van der Waals surface area contributed by atoms with Gasteiger partial charge in [-0.25, -0.2) is 4.79 Å². The van der Waals surface area contributed by atoms with Crippen LogP contribution in [0, 0.1) is 5.92 Å². The molecule has 4 heteroatoms. The summed E-state index contributed by atoms with van der Waals surface area (Å²) >= 11 is 0. The molecule has 0 aromatic rings. The molecule has 0 aromatic carbocycles. The fraction of sp³-hybridized carbons (Fsp3) is 0.800. The van der Waals surface area contributed by atoms with Gasteiger partial charge in [0.1, 0.15) is 6.04 Å². The van der Waals surface area contributed by atoms with Gasteiger partial charge in [-0.3, -0.25) is 4.79 Å². The minimum Gasteiger partial charge on any atom is -0.480 e. The summed E-state index contributed by atoms with van der Waals surface area (Å²) in [4.78, 5) is 24.2. The third-order valence-electron chi connectivity index (χ3n) is 3.28. The lowest BCUT2D eigenvalue weighted by atomic mass is 9.84. The van der Waals surface area contributed by atoms with E-state index >= 15 is 0 Å². The summed E-state index contributed by atoms with van der Waals surface area (Å²) < 4.78 is 0. The number of carbonyl (C=O) groups is 2. The lowest BCUT2D eigenvalue weighted by Gasteiger charge is -2.31. The number of hydrogen-bond acceptors (Lipinski definition) is 2. The maximum Gasteiger partial charge on any atom is 0.326 e. The van der Waals surface area contributed by atoms with Gasteiger partial charge in [0.2, 0.25) is 5.91 Å². The molecule has 2 fully saturated rings. The molecule has 0 bridgehead atoms. The van der Waals surface area contributed by atoms with Crippen molar-refractivity contribution in [1.82, 2.24) is 4.90 Å². The molecule has 1 heterocycles. The number of rotatable bonds is 2. The second-order valence-corrected chi connectivity index (χ2v) is 4.16. The number of aliphatic carboxylic acids is 1. The Labute approximate surface area is 82.9 Å². The first-order chi connectivity index (χ1) is 6.70. The Hall–Kier alpha value is -1.06. The molecule has 0 radical (unpaired) electrons. The standard InChI is InChI=1S/C10H15NO3/c12-9(7-3-1-4-7)11-6-2-5-8(11)10(13)14/h7-8H,1-6H2,(H,13,14)/t8-/m1/s1. The van der Waals surface area contributed by atoms with E-state index in [1.165, 1.54) is 0 Å². The van der Waals surface area contributed by atoms with E-state index in [2.05, 4.69) is 0 Å². The van der Waals surface area contributed by atoms with Gasteiger partial charge in [-0.1, -0.05) is 6.42 Å². The third-order valence-corrected chi connectivity index (χ3v) is 3.28. The van der Waals surface area contributed by atoms with Crippen LogP contribution in [0.5, 0.6) is 0 Å². The van der Waals surface area contributed by atoms with Crippen LogP contribution >= 0.6 is 0 Å². The van der Waals surface area contributed by atoms with Crippen molar-refractivity contribution < 1.29 is 14.7 Å². The van der Waals surface area contributed by atoms with Crippen LogP contribution in [-0.4, -0.2) is 34.5 Å². The Kier molecular flexibility index (Phi) is 2.44. The number of hydrogen-bond donors (Lipinski definition) is 1. The Morgan fingerprint density at radius 1 is 1.14 bits per heavy atom. The smallest absolute Gasteiger partial charge is 0.326 e. The van der Waals surface area contributed by atoms with Gasteiger partial charge < -0.3 is 10.0 Å². The first-order valence-electron chi connectivity index (χ1n) is 5.23. The van der Waals surface area contributed by atoms with E-state index in [4.69, 9.17) is 5.11 Å². The highest BCUT2D eigenvalue weighted by Gasteiger charge is 2.38. The molecule has 1 aliphatic heterocycles. The first kappa shape index (κ1) is 9.49. The molecule has 1 N–H and O–H groups in total. The van der Waals surface area contributed by atoms with Crippen molar-refractivity contribution in [1.29, 1.82) is 0 Å². The predicted molar refractivity (Wildman–Crippen MR) is 49.7 cm³/mol. The van der Waals surface area contributed by atoms with Gasteiger partial charge in [0.05, 0.1) is 0 Å². The number of carbonyl (C=O) groups excluding carboxylic acids is 1. The van der Waals surface area contributed by atoms with Gasteiger partial charge in [0.25, 0.3) is 0 Å². The van der Waals surface area contributed by atoms with Crippen molar-refractivity contribution in [2.45, 2.75) is 38.1 Å². The molecule has 4 nitrogen and oxygen atoms in total. The van der Waals surface area contributed by atoms with Gasteiger partial charge in [0.15, 0.2) is 0 Å². The summed E-state index contributed by atoms with van der Waals surface area (Å²) in [6.07, 6.45) is 4.45. The van der Waals surface area contributed by atoms with Crippen LogP contribution in [0.15, 0.2) is 0 Å². The largest absolute Gasteiger partial charge is 0.480 e. The lowest BCUT2D eigenvalue weighted by molar-refractivity contribution is -0.151. The molecule has 1 aliphatic carbocycles. The highest BCUT2D eigenvalue weighted by molar-refractivity contribution is 5.86. The summed E-state index contributed by atoms with van der Waals surface area (Å²) in [5.41, 5.74) is 0. The number of carboxylic acid groups (broad SMARTS) is 1.